The van der Waals surface area contributed by atoms with Crippen molar-refractivity contribution in [3.05, 3.63) is 0 Å². The first-order chi connectivity index (χ1) is 4.29. The Bertz CT molecular complexity index is 141. The van der Waals surface area contributed by atoms with E-state index in [0.29, 0.717) is 0 Å². The van der Waals surface area contributed by atoms with Crippen molar-refractivity contribution >= 4 is 10.9 Å². The van der Waals surface area contributed by atoms with Crippen LogP contribution in [0.15, 0.2) is 0 Å². The van der Waals surface area contributed by atoms with Gasteiger partial charge in [-0.15, -0.1) is 0 Å². The van der Waals surface area contributed by atoms with Crippen molar-refractivity contribution in [2.24, 2.45) is 0 Å². The van der Waals surface area contributed by atoms with Gasteiger partial charge in [0.1, 0.15) is 0 Å². The maximum Gasteiger partial charge on any atom is 0.201 e. The molecule has 0 saturated heterocycles. The van der Waals surface area contributed by atoms with E-state index in [2.05, 4.69) is 4.72 Å². The van der Waals surface area contributed by atoms with Crippen LogP contribution >= 0.6 is 0 Å². The van der Waals surface area contributed by atoms with Crippen molar-refractivity contribution in [3.8, 4) is 0 Å². The molecule has 0 aromatic heterocycles. The summed E-state index contributed by atoms with van der Waals surface area (Å²) in [6, 6.07) is 0.242. The SMILES string of the molecule is O=[SH](=O)NC1CCCC1. The highest BCUT2D eigenvalue weighted by Crippen LogP contribution is 2.17. The van der Waals surface area contributed by atoms with Crippen LogP contribution in [0, 0.1) is 0 Å². The molecule has 0 radical (unpaired) electrons. The lowest BCUT2D eigenvalue weighted by atomic mass is 10.3. The van der Waals surface area contributed by atoms with E-state index in [9.17, 15) is 8.42 Å². The van der Waals surface area contributed by atoms with Gasteiger partial charge in [-0.3, -0.25) is 0 Å². The van der Waals surface area contributed by atoms with E-state index in [1.807, 2.05) is 0 Å². The number of hydrogen-bond donors (Lipinski definition) is 2. The topological polar surface area (TPSA) is 46.2 Å². The summed E-state index contributed by atoms with van der Waals surface area (Å²) in [6.07, 6.45) is 4.37. The molecule has 3 nitrogen and oxygen atoms in total. The van der Waals surface area contributed by atoms with Crippen LogP contribution in [0.5, 0.6) is 0 Å². The second-order valence-electron chi connectivity index (χ2n) is 2.37. The quantitative estimate of drug-likeness (QED) is 0.545. The molecule has 4 heteroatoms. The summed E-state index contributed by atoms with van der Waals surface area (Å²) in [4.78, 5) is 0. The summed E-state index contributed by atoms with van der Waals surface area (Å²) in [5.41, 5.74) is 0. The van der Waals surface area contributed by atoms with Gasteiger partial charge in [-0.1, -0.05) is 12.8 Å². The van der Waals surface area contributed by atoms with Crippen molar-refractivity contribution in [1.82, 2.24) is 4.72 Å². The fourth-order valence-electron chi connectivity index (χ4n) is 1.20. The van der Waals surface area contributed by atoms with Gasteiger partial charge in [0.05, 0.1) is 0 Å². The van der Waals surface area contributed by atoms with Gasteiger partial charge in [-0.05, 0) is 12.8 Å². The number of thiol groups is 1. The average molecular weight is 149 g/mol. The van der Waals surface area contributed by atoms with Crippen LogP contribution in [0.25, 0.3) is 0 Å². The van der Waals surface area contributed by atoms with Gasteiger partial charge in [0.25, 0.3) is 0 Å². The van der Waals surface area contributed by atoms with Crippen molar-refractivity contribution in [2.45, 2.75) is 31.7 Å². The van der Waals surface area contributed by atoms with E-state index in [0.717, 1.165) is 12.8 Å². The van der Waals surface area contributed by atoms with Crippen molar-refractivity contribution in [1.29, 1.82) is 0 Å². The number of hydrogen-bond acceptors (Lipinski definition) is 2. The first-order valence-corrected chi connectivity index (χ1v) is 4.37. The largest absolute Gasteiger partial charge is 0.216 e. The molecule has 0 bridgehead atoms. The average Bonchev–Trinajstić information content (AvgIpc) is 2.15. The molecule has 0 heterocycles. The summed E-state index contributed by atoms with van der Waals surface area (Å²) in [5.74, 6) is 0. The van der Waals surface area contributed by atoms with Crippen LogP contribution in [0.1, 0.15) is 25.7 Å². The van der Waals surface area contributed by atoms with E-state index in [1.54, 1.807) is 0 Å². The molecule has 0 atom stereocenters. The number of rotatable bonds is 2. The summed E-state index contributed by atoms with van der Waals surface area (Å²) in [7, 11) is -2.36. The zero-order valence-electron chi connectivity index (χ0n) is 5.17. The predicted octanol–water partition coefficient (Wildman–Crippen LogP) is 0.0450. The summed E-state index contributed by atoms with van der Waals surface area (Å²) in [5, 5.41) is 0. The van der Waals surface area contributed by atoms with Gasteiger partial charge in [-0.2, -0.15) is 0 Å². The minimum atomic E-state index is -2.36. The predicted molar refractivity (Wildman–Crippen MR) is 35.7 cm³/mol. The Morgan fingerprint density at radius 3 is 2.22 bits per heavy atom. The molecule has 1 fully saturated rings. The zero-order valence-corrected chi connectivity index (χ0v) is 6.06. The Morgan fingerprint density at radius 2 is 1.78 bits per heavy atom. The van der Waals surface area contributed by atoms with Crippen LogP contribution < -0.4 is 4.72 Å². The number of nitrogens with one attached hydrogen (secondary N) is 1. The van der Waals surface area contributed by atoms with E-state index >= 15 is 0 Å². The van der Waals surface area contributed by atoms with E-state index < -0.39 is 10.9 Å². The van der Waals surface area contributed by atoms with Gasteiger partial charge < -0.3 is 0 Å². The summed E-state index contributed by atoms with van der Waals surface area (Å²) >= 11 is 0. The minimum Gasteiger partial charge on any atom is -0.216 e. The maximum absolute atomic E-state index is 10.1. The Balaban J connectivity index is 2.27. The molecule has 1 aliphatic carbocycles. The third-order valence-corrected chi connectivity index (χ3v) is 2.22. The smallest absolute Gasteiger partial charge is 0.201 e. The van der Waals surface area contributed by atoms with E-state index in [1.165, 1.54) is 12.8 Å². The van der Waals surface area contributed by atoms with Crippen LogP contribution in [0.3, 0.4) is 0 Å². The van der Waals surface area contributed by atoms with Gasteiger partial charge in [-0.25, -0.2) is 13.1 Å². The standard InChI is InChI=1S/C5H11NO2S/c7-9(8)6-5-3-1-2-4-5/h5,9H,1-4H2,(H,6,7,8). The van der Waals surface area contributed by atoms with Gasteiger partial charge >= 0.3 is 0 Å². The monoisotopic (exact) mass is 149 g/mol. The Labute approximate surface area is 56.5 Å². The molecule has 1 rings (SSSR count). The van der Waals surface area contributed by atoms with Crippen LogP contribution in [0.4, 0.5) is 0 Å². The summed E-state index contributed by atoms with van der Waals surface area (Å²) in [6.45, 7) is 0. The molecule has 0 spiro atoms. The van der Waals surface area contributed by atoms with Crippen molar-refractivity contribution < 1.29 is 8.42 Å². The zero-order chi connectivity index (χ0) is 6.69. The molecule has 0 aliphatic heterocycles. The highest BCUT2D eigenvalue weighted by Gasteiger charge is 2.13. The summed E-state index contributed by atoms with van der Waals surface area (Å²) < 4.78 is 22.7. The van der Waals surface area contributed by atoms with Crippen LogP contribution in [-0.4, -0.2) is 14.5 Å². The van der Waals surface area contributed by atoms with Gasteiger partial charge in [0, 0.05) is 6.04 Å². The Hall–Kier alpha value is -0.0900. The second-order valence-corrected chi connectivity index (χ2v) is 3.14. The van der Waals surface area contributed by atoms with Crippen molar-refractivity contribution in [3.63, 3.8) is 0 Å². The molecule has 0 aromatic carbocycles. The second kappa shape index (κ2) is 3.17. The lowest BCUT2D eigenvalue weighted by Gasteiger charge is -2.02. The molecule has 0 amide bonds. The molecule has 1 saturated carbocycles. The first-order valence-electron chi connectivity index (χ1n) is 3.19. The molecule has 1 N–H and O–H groups in total. The molecule has 0 aromatic rings. The fourth-order valence-corrected chi connectivity index (χ4v) is 1.76. The lowest BCUT2D eigenvalue weighted by Crippen LogP contribution is -2.23. The van der Waals surface area contributed by atoms with Crippen LogP contribution in [0.2, 0.25) is 0 Å². The molecular formula is C5H11NO2S. The molecule has 9 heavy (non-hydrogen) atoms. The third-order valence-electron chi connectivity index (χ3n) is 1.64. The maximum atomic E-state index is 10.1. The van der Waals surface area contributed by atoms with E-state index in [-0.39, 0.29) is 6.04 Å². The molecular weight excluding hydrogens is 138 g/mol. The van der Waals surface area contributed by atoms with Gasteiger partial charge in [0.2, 0.25) is 10.9 Å². The van der Waals surface area contributed by atoms with Crippen LogP contribution in [-0.2, 0) is 10.9 Å². The highest BCUT2D eigenvalue weighted by atomic mass is 32.2. The fraction of sp³-hybridized carbons (Fsp3) is 1.00. The van der Waals surface area contributed by atoms with E-state index in [4.69, 9.17) is 0 Å². The minimum absolute atomic E-state index is 0.242. The van der Waals surface area contributed by atoms with Crippen molar-refractivity contribution in [2.75, 3.05) is 0 Å². The lowest BCUT2D eigenvalue weighted by molar-refractivity contribution is 0.571. The third kappa shape index (κ3) is 2.32. The highest BCUT2D eigenvalue weighted by molar-refractivity contribution is 7.70. The normalized spacial score (nSPS) is 21.4. The molecule has 1 aliphatic rings. The van der Waals surface area contributed by atoms with Gasteiger partial charge in [0.15, 0.2) is 0 Å². The Kier molecular flexibility index (Phi) is 2.48. The molecule has 0 unspecified atom stereocenters. The Morgan fingerprint density at radius 1 is 1.22 bits per heavy atom. The first kappa shape index (κ1) is 7.02. The molecule has 54 valence electrons.